The number of ether oxygens (including phenoxy) is 3. The molecule has 0 bridgehead atoms. The first-order valence-electron chi connectivity index (χ1n) is 29.1. The Bertz CT molecular complexity index is 3440. The van der Waals surface area contributed by atoms with E-state index >= 15 is 0 Å². The Morgan fingerprint density at radius 2 is 0.831 bits per heavy atom. The van der Waals surface area contributed by atoms with Gasteiger partial charge in [0.25, 0.3) is 10.1 Å². The van der Waals surface area contributed by atoms with E-state index in [4.69, 9.17) is 18.4 Å². The number of halogens is 6. The van der Waals surface area contributed by atoms with Crippen LogP contribution in [0.2, 0.25) is 0 Å². The second-order valence-electron chi connectivity index (χ2n) is 22.4. The number of aliphatic hydroxyl groups excluding tert-OH is 1. The molecule has 0 unspecified atom stereocenters. The summed E-state index contributed by atoms with van der Waals surface area (Å²) in [5.41, 5.74) is 2.39. The number of benzene rings is 6. The van der Waals surface area contributed by atoms with Crippen LogP contribution >= 0.6 is 47.8 Å². The summed E-state index contributed by atoms with van der Waals surface area (Å²) in [6, 6.07) is 40.8. The number of sulfonamides is 1. The molecule has 3 aliphatic rings. The van der Waals surface area contributed by atoms with Crippen molar-refractivity contribution in [2.24, 2.45) is 0 Å². The van der Waals surface area contributed by atoms with Gasteiger partial charge in [0, 0.05) is 65.5 Å². The van der Waals surface area contributed by atoms with Gasteiger partial charge in [0.1, 0.15) is 34.3 Å². The molecule has 89 heavy (non-hydrogen) atoms. The molecule has 6 atom stereocenters. The highest BCUT2D eigenvalue weighted by atomic mass is 79.9. The van der Waals surface area contributed by atoms with Gasteiger partial charge in [-0.15, -0.1) is 0 Å². The van der Waals surface area contributed by atoms with E-state index in [0.717, 1.165) is 48.2 Å². The van der Waals surface area contributed by atoms with E-state index in [-0.39, 0.29) is 55.3 Å². The lowest BCUT2D eigenvalue weighted by atomic mass is 9.84. The molecule has 3 aliphatic heterocycles. The van der Waals surface area contributed by atoms with Crippen LogP contribution in [0.1, 0.15) is 130 Å². The summed E-state index contributed by atoms with van der Waals surface area (Å²) in [7, 11) is -6.85. The average Bonchev–Trinajstić information content (AvgIpc) is 0.949. The van der Waals surface area contributed by atoms with Crippen LogP contribution in [0.4, 0.5) is 27.6 Å². The number of cyclic esters (lactones) is 3. The van der Waals surface area contributed by atoms with Crippen molar-refractivity contribution < 1.29 is 67.9 Å². The molecule has 0 aliphatic carbocycles. The zero-order valence-electron chi connectivity index (χ0n) is 50.1. The van der Waals surface area contributed by atoms with E-state index < -0.39 is 55.2 Å². The Kier molecular flexibility index (Phi) is 24.9. The van der Waals surface area contributed by atoms with Crippen LogP contribution in [-0.4, -0.2) is 107 Å². The molecule has 3 heterocycles. The molecule has 9 rings (SSSR count). The summed E-state index contributed by atoms with van der Waals surface area (Å²) in [6.45, 7) is 7.52. The van der Waals surface area contributed by atoms with E-state index in [1.807, 2.05) is 93.6 Å². The van der Waals surface area contributed by atoms with Crippen LogP contribution in [-0.2, 0) is 55.3 Å². The predicted molar refractivity (Wildman–Crippen MR) is 344 cm³/mol. The van der Waals surface area contributed by atoms with Gasteiger partial charge in [0.15, 0.2) is 0 Å². The minimum absolute atomic E-state index is 0.0126. The van der Waals surface area contributed by atoms with Gasteiger partial charge in [0.05, 0.1) is 37.2 Å². The molecule has 6 aromatic rings. The Morgan fingerprint density at radius 3 is 1.11 bits per heavy atom. The zero-order valence-corrected chi connectivity index (χ0v) is 56.4. The fraction of sp³-hybridized carbons (Fsp3) is 0.400. The number of nitrogens with one attached hydrogen (secondary N) is 1. The van der Waals surface area contributed by atoms with E-state index in [1.165, 1.54) is 36.4 Å². The smallest absolute Gasteiger partial charge is 0.411 e. The van der Waals surface area contributed by atoms with Crippen LogP contribution in [0.5, 0.6) is 0 Å². The number of carbonyl (C=O) groups excluding carboxylic acids is 3. The first-order chi connectivity index (χ1) is 42.1. The molecule has 3 amide bonds. The Balaban J connectivity index is 0.000000191. The van der Waals surface area contributed by atoms with Crippen molar-refractivity contribution in [1.82, 2.24) is 19.4 Å². The van der Waals surface area contributed by atoms with Gasteiger partial charge in [-0.3, -0.25) is 4.18 Å². The second-order valence-corrected chi connectivity index (χ2v) is 28.6. The maximum Gasteiger partial charge on any atom is 0.411 e. The van der Waals surface area contributed by atoms with Crippen molar-refractivity contribution in [2.75, 3.05) is 51.9 Å². The largest absolute Gasteiger partial charge is 0.438 e. The molecule has 16 nitrogen and oxygen atoms in total. The molecule has 3 fully saturated rings. The summed E-state index contributed by atoms with van der Waals surface area (Å²) >= 11 is 10.4. The maximum atomic E-state index is 13.5. The number of hydrogen-bond donors (Lipinski definition) is 2. The molecule has 2 N–H and O–H groups in total. The summed E-state index contributed by atoms with van der Waals surface area (Å²) < 4.78 is 113. The molecule has 0 saturated carbocycles. The first-order valence-corrected chi connectivity index (χ1v) is 35.2. The van der Waals surface area contributed by atoms with Gasteiger partial charge in [-0.1, -0.05) is 121 Å². The molecule has 480 valence electrons. The fourth-order valence-electron chi connectivity index (χ4n) is 11.3. The average molecular weight is 1460 g/mol. The Hall–Kier alpha value is -5.86. The van der Waals surface area contributed by atoms with Gasteiger partial charge in [0.2, 0.25) is 10.0 Å². The third-order valence-electron chi connectivity index (χ3n) is 16.2. The van der Waals surface area contributed by atoms with E-state index in [0.29, 0.717) is 88.5 Å². The molecular weight excluding hydrogens is 1390 g/mol. The molecule has 0 spiro atoms. The van der Waals surface area contributed by atoms with Crippen molar-refractivity contribution in [3.8, 4) is 0 Å². The molecule has 3 saturated heterocycles. The monoisotopic (exact) mass is 1460 g/mol. The van der Waals surface area contributed by atoms with Crippen molar-refractivity contribution in [2.45, 2.75) is 113 Å². The lowest BCUT2D eigenvalue weighted by Crippen LogP contribution is -2.49. The molecule has 0 radical (unpaired) electrons. The lowest BCUT2D eigenvalue weighted by molar-refractivity contribution is -0.0684. The molecule has 6 aromatic carbocycles. The molecule has 0 aromatic heterocycles. The summed E-state index contributed by atoms with van der Waals surface area (Å²) in [5.74, 6) is -1.08. The SMILES string of the molecule is C[C@@H](c1cccc(Br)c1)N1CC[C@](CCCNS(C)(=O)=O)(c2ccc(F)cc2)OC1=O.C[C@@H](c1cccc(Br)c1)N1CC[C@](CCCO)(c2ccc(F)cc2)OC1=O.C[C@@H](c1cccc(Br)c1)N1CC[C@](CCCOS(C)(=O)=O)(c2ccc(F)cc2)OC1=O. The van der Waals surface area contributed by atoms with Gasteiger partial charge in [-0.05, 0) is 165 Å². The van der Waals surface area contributed by atoms with Crippen LogP contribution in [0.3, 0.4) is 0 Å². The number of hydrogen-bond acceptors (Lipinski definition) is 12. The summed E-state index contributed by atoms with van der Waals surface area (Å²) in [6.07, 6.45) is 5.00. The number of aliphatic hydroxyl groups is 1. The molecule has 24 heteroatoms. The fourth-order valence-corrected chi connectivity index (χ4v) is 13.5. The number of amides is 3. The third-order valence-corrected chi connectivity index (χ3v) is 19.0. The van der Waals surface area contributed by atoms with Crippen LogP contribution in [0, 0.1) is 17.5 Å². The number of nitrogens with zero attached hydrogens (tertiary/aromatic N) is 3. The van der Waals surface area contributed by atoms with Crippen LogP contribution in [0.15, 0.2) is 159 Å². The first kappa shape index (κ1) is 70.6. The van der Waals surface area contributed by atoms with E-state index in [1.54, 1.807) is 51.1 Å². The zero-order chi connectivity index (χ0) is 64.7. The van der Waals surface area contributed by atoms with Gasteiger partial charge in [-0.2, -0.15) is 8.42 Å². The van der Waals surface area contributed by atoms with Gasteiger partial charge in [-0.25, -0.2) is 40.7 Å². The normalized spacial score (nSPS) is 20.6. The number of rotatable bonds is 22. The van der Waals surface area contributed by atoms with E-state index in [2.05, 4.69) is 52.5 Å². The highest BCUT2D eigenvalue weighted by Crippen LogP contribution is 2.44. The minimum atomic E-state index is -3.55. The molecular formula is C65H74Br3F3N4O12S2. The van der Waals surface area contributed by atoms with Gasteiger partial charge < -0.3 is 34.0 Å². The van der Waals surface area contributed by atoms with Crippen LogP contribution in [0.25, 0.3) is 0 Å². The van der Waals surface area contributed by atoms with Crippen molar-refractivity contribution >= 4 is 86.2 Å². The van der Waals surface area contributed by atoms with E-state index in [9.17, 15) is 49.5 Å². The number of carbonyl (C=O) groups is 3. The Labute approximate surface area is 545 Å². The lowest BCUT2D eigenvalue weighted by Gasteiger charge is -2.43. The minimum Gasteiger partial charge on any atom is -0.438 e. The standard InChI is InChI=1S/C22H26BrFN2O4S.C22H25BrFNO5S.C21H23BrFNO3/c1-16(17-5-3-6-19(23)15-17)26-14-12-22(30-21(26)27,11-4-13-25-31(2,28)29)18-7-9-20(24)10-8-18;1-16(17-5-3-6-19(23)15-17)25-13-12-22(30-21(25)26,11-4-14-29-31(2,27)28)18-7-9-20(24)10-8-18;1-15(16-4-2-5-18(22)14-16)24-12-11-21(10-3-13-25,27-20(24)26)17-6-8-19(23)9-7-17/h3,5-10,15-16,25H,4,11-14H2,1-2H3;3,5-10,15-16H,4,11-14H2,1-2H3;2,4-9,14-15,25H,3,10-13H2,1H3/t2*16-,22+;15-,21+/m000/s1. The predicted octanol–water partition coefficient (Wildman–Crippen LogP) is 15.0. The highest BCUT2D eigenvalue weighted by Gasteiger charge is 2.46. The van der Waals surface area contributed by atoms with Crippen molar-refractivity contribution in [3.63, 3.8) is 0 Å². The second kappa shape index (κ2) is 31.4. The third kappa shape index (κ3) is 19.6. The maximum absolute atomic E-state index is 13.5. The Morgan fingerprint density at radius 1 is 0.517 bits per heavy atom. The summed E-state index contributed by atoms with van der Waals surface area (Å²) in [5, 5.41) is 9.27. The van der Waals surface area contributed by atoms with Crippen molar-refractivity contribution in [3.05, 3.63) is 210 Å². The topological polar surface area (TPSA) is 198 Å². The van der Waals surface area contributed by atoms with Gasteiger partial charge >= 0.3 is 18.3 Å². The van der Waals surface area contributed by atoms with Crippen molar-refractivity contribution in [1.29, 1.82) is 0 Å². The quantitative estimate of drug-likeness (QED) is 0.0371. The highest BCUT2D eigenvalue weighted by molar-refractivity contribution is 9.11. The summed E-state index contributed by atoms with van der Waals surface area (Å²) in [4.78, 5) is 44.0. The van der Waals surface area contributed by atoms with Crippen LogP contribution < -0.4 is 4.72 Å².